The van der Waals surface area contributed by atoms with E-state index in [1.807, 2.05) is 0 Å². The molecule has 0 aromatic heterocycles. The quantitative estimate of drug-likeness (QED) is 0.533. The van der Waals surface area contributed by atoms with Gasteiger partial charge in [-0.05, 0) is 59.7 Å². The third-order valence-electron chi connectivity index (χ3n) is 5.38. The van der Waals surface area contributed by atoms with E-state index < -0.39 is 0 Å². The molecule has 136 valence electrons. The van der Waals surface area contributed by atoms with E-state index in [2.05, 4.69) is 76.0 Å². The van der Waals surface area contributed by atoms with Crippen LogP contribution in [0.1, 0.15) is 81.1 Å². The normalized spacial score (nSPS) is 34.2. The van der Waals surface area contributed by atoms with Crippen molar-refractivity contribution in [2.24, 2.45) is 21.8 Å². The van der Waals surface area contributed by atoms with Crippen LogP contribution in [0.5, 0.6) is 0 Å². The SMILES string of the molecule is CC1(C)CC2CC(C)(C)[N-]C2=N1.CC1(C)CC2CC(C)(C)[N-]C2=N1.[Ca+2]. The van der Waals surface area contributed by atoms with Crippen LogP contribution in [-0.4, -0.2) is 71.6 Å². The number of hydrogen-bond acceptors (Lipinski definition) is 2. The fraction of sp³-hybridized carbons (Fsp3) is 0.900. The van der Waals surface area contributed by atoms with Crippen LogP contribution in [0, 0.1) is 11.8 Å². The summed E-state index contributed by atoms with van der Waals surface area (Å²) in [5.41, 5.74) is 0.611. The second-order valence-electron chi connectivity index (χ2n) is 10.6. The van der Waals surface area contributed by atoms with Crippen molar-refractivity contribution in [2.75, 3.05) is 0 Å². The summed E-state index contributed by atoms with van der Waals surface area (Å²) in [6.07, 6.45) is 4.76. The molecule has 0 N–H and O–H groups in total. The molecule has 4 aliphatic heterocycles. The van der Waals surface area contributed by atoms with Gasteiger partial charge in [0.2, 0.25) is 0 Å². The molecule has 0 radical (unpaired) electrons. The van der Waals surface area contributed by atoms with Gasteiger partial charge >= 0.3 is 37.7 Å². The fourth-order valence-corrected chi connectivity index (χ4v) is 4.76. The van der Waals surface area contributed by atoms with Crippen LogP contribution in [0.4, 0.5) is 0 Å². The molecule has 2 unspecified atom stereocenters. The zero-order chi connectivity index (χ0) is 18.0. The van der Waals surface area contributed by atoms with Crippen molar-refractivity contribution in [3.05, 3.63) is 10.6 Å². The van der Waals surface area contributed by atoms with Crippen LogP contribution in [-0.2, 0) is 0 Å². The molecule has 0 bridgehead atoms. The minimum Gasteiger partial charge on any atom is -0.463 e. The largest absolute Gasteiger partial charge is 2.00 e. The fourth-order valence-electron chi connectivity index (χ4n) is 4.76. The summed E-state index contributed by atoms with van der Waals surface area (Å²) in [4.78, 5) is 9.26. The Morgan fingerprint density at radius 1 is 0.640 bits per heavy atom. The minimum atomic E-state index is 0. The van der Waals surface area contributed by atoms with Gasteiger partial charge in [-0.1, -0.05) is 67.1 Å². The first kappa shape index (κ1) is 21.5. The van der Waals surface area contributed by atoms with Crippen LogP contribution in [0.3, 0.4) is 0 Å². The predicted molar refractivity (Wildman–Crippen MR) is 109 cm³/mol. The van der Waals surface area contributed by atoms with Gasteiger partial charge in [0.05, 0.1) is 0 Å². The van der Waals surface area contributed by atoms with Crippen LogP contribution < -0.4 is 0 Å². The first-order valence-electron chi connectivity index (χ1n) is 9.41. The number of rotatable bonds is 0. The van der Waals surface area contributed by atoms with E-state index in [0.29, 0.717) is 11.8 Å². The third kappa shape index (κ3) is 5.13. The van der Waals surface area contributed by atoms with E-state index in [-0.39, 0.29) is 59.9 Å². The molecule has 4 heterocycles. The van der Waals surface area contributed by atoms with Crippen molar-refractivity contribution >= 4 is 49.4 Å². The van der Waals surface area contributed by atoms with Crippen molar-refractivity contribution in [2.45, 2.75) is 103 Å². The summed E-state index contributed by atoms with van der Waals surface area (Å²) in [5, 5.41) is 9.26. The van der Waals surface area contributed by atoms with Crippen molar-refractivity contribution in [1.29, 1.82) is 0 Å². The van der Waals surface area contributed by atoms with E-state index >= 15 is 0 Å². The number of nitrogens with zero attached hydrogens (tertiary/aromatic N) is 4. The average Bonchev–Trinajstić information content (AvgIpc) is 2.89. The number of hydrogen-bond donors (Lipinski definition) is 0. The summed E-state index contributed by atoms with van der Waals surface area (Å²) >= 11 is 0. The Bertz CT molecular complexity index is 535. The second-order valence-corrected chi connectivity index (χ2v) is 10.6. The zero-order valence-electron chi connectivity index (χ0n) is 17.5. The van der Waals surface area contributed by atoms with E-state index in [0.717, 1.165) is 11.7 Å². The van der Waals surface area contributed by atoms with E-state index in [1.165, 1.54) is 25.7 Å². The Labute approximate surface area is 184 Å². The summed E-state index contributed by atoms with van der Waals surface area (Å²) < 4.78 is 0. The monoisotopic (exact) mass is 370 g/mol. The molecule has 0 saturated carbocycles. The van der Waals surface area contributed by atoms with Crippen molar-refractivity contribution in [3.8, 4) is 0 Å². The van der Waals surface area contributed by atoms with E-state index in [1.54, 1.807) is 0 Å². The second kappa shape index (κ2) is 6.67. The van der Waals surface area contributed by atoms with Crippen LogP contribution >= 0.6 is 0 Å². The zero-order valence-corrected chi connectivity index (χ0v) is 19.7. The number of fused-ring (bicyclic) bond motifs is 2. The Morgan fingerprint density at radius 2 is 0.960 bits per heavy atom. The minimum absolute atomic E-state index is 0. The summed E-state index contributed by atoms with van der Waals surface area (Å²) in [6.45, 7) is 17.6. The molecule has 4 nitrogen and oxygen atoms in total. The van der Waals surface area contributed by atoms with Gasteiger partial charge in [0.25, 0.3) is 0 Å². The molecule has 0 spiro atoms. The first-order chi connectivity index (χ1) is 10.8. The maximum Gasteiger partial charge on any atom is 2.00 e. The van der Waals surface area contributed by atoms with Crippen LogP contribution in [0.2, 0.25) is 0 Å². The summed E-state index contributed by atoms with van der Waals surface area (Å²) in [7, 11) is 0. The van der Waals surface area contributed by atoms with Gasteiger partial charge in [-0.25, -0.2) is 0 Å². The van der Waals surface area contributed by atoms with Crippen LogP contribution in [0.15, 0.2) is 9.98 Å². The number of aliphatic imine (C=N–C) groups is 2. The molecule has 0 aliphatic carbocycles. The van der Waals surface area contributed by atoms with Gasteiger partial charge in [0, 0.05) is 0 Å². The molecule has 4 aliphatic rings. The molecule has 0 amide bonds. The van der Waals surface area contributed by atoms with Gasteiger partial charge in [-0.2, -0.15) is 0 Å². The van der Waals surface area contributed by atoms with Crippen molar-refractivity contribution < 1.29 is 0 Å². The molecule has 0 aromatic rings. The smallest absolute Gasteiger partial charge is 0.463 e. The summed E-state index contributed by atoms with van der Waals surface area (Å²) in [6, 6.07) is 0. The maximum atomic E-state index is 4.63. The van der Waals surface area contributed by atoms with Crippen molar-refractivity contribution in [1.82, 2.24) is 0 Å². The molecule has 2 fully saturated rings. The predicted octanol–water partition coefficient (Wildman–Crippen LogP) is 5.10. The standard InChI is InChI=1S/2C10H17N2.Ca/c2*1-9(2)5-7-6-10(3,4)12-8(7)11-9;/h2*7H,5-6H2,1-4H3;/q2*-1;+2. The van der Waals surface area contributed by atoms with Crippen molar-refractivity contribution in [3.63, 3.8) is 0 Å². The molecule has 4 rings (SSSR count). The maximum absolute atomic E-state index is 4.63. The van der Waals surface area contributed by atoms with Gasteiger partial charge < -0.3 is 20.6 Å². The van der Waals surface area contributed by atoms with Gasteiger partial charge in [-0.15, -0.1) is 0 Å². The Balaban J connectivity index is 0.000000173. The van der Waals surface area contributed by atoms with E-state index in [9.17, 15) is 0 Å². The Kier molecular flexibility index (Phi) is 5.73. The molecule has 0 aromatic carbocycles. The molecule has 2 saturated heterocycles. The van der Waals surface area contributed by atoms with E-state index in [4.69, 9.17) is 0 Å². The molecular weight excluding hydrogens is 336 g/mol. The van der Waals surface area contributed by atoms with Gasteiger partial charge in [0.1, 0.15) is 0 Å². The number of amidine groups is 2. The van der Waals surface area contributed by atoms with Crippen LogP contribution in [0.25, 0.3) is 10.6 Å². The molecular formula is C20H34CaN4. The van der Waals surface area contributed by atoms with Gasteiger partial charge in [0.15, 0.2) is 0 Å². The summed E-state index contributed by atoms with van der Waals surface area (Å²) in [5.74, 6) is 3.56. The third-order valence-corrected chi connectivity index (χ3v) is 5.38. The topological polar surface area (TPSA) is 52.9 Å². The Morgan fingerprint density at radius 3 is 1.24 bits per heavy atom. The van der Waals surface area contributed by atoms with Gasteiger partial charge in [-0.3, -0.25) is 0 Å². The average molecular weight is 371 g/mol. The molecule has 5 heteroatoms. The Hall–Kier alpha value is 0.200. The first-order valence-corrected chi connectivity index (χ1v) is 9.41. The molecule has 25 heavy (non-hydrogen) atoms. The molecule has 2 atom stereocenters.